The van der Waals surface area contributed by atoms with Gasteiger partial charge in [-0.25, -0.2) is 0 Å². The van der Waals surface area contributed by atoms with E-state index in [0.29, 0.717) is 5.92 Å². The van der Waals surface area contributed by atoms with Gasteiger partial charge in [0, 0.05) is 30.6 Å². The van der Waals surface area contributed by atoms with Gasteiger partial charge in [0.15, 0.2) is 0 Å². The molecule has 23 heavy (non-hydrogen) atoms. The Morgan fingerprint density at radius 2 is 1.61 bits per heavy atom. The molecule has 0 aliphatic carbocycles. The fraction of sp³-hybridized carbons (Fsp3) is 0.222. The summed E-state index contributed by atoms with van der Waals surface area (Å²) in [5.41, 5.74) is 8.78. The van der Waals surface area contributed by atoms with Crippen molar-refractivity contribution >= 4 is 16.5 Å². The van der Waals surface area contributed by atoms with Gasteiger partial charge in [-0.3, -0.25) is 0 Å². The Hall–Kier alpha value is -2.24. The van der Waals surface area contributed by atoms with Gasteiger partial charge in [0.2, 0.25) is 5.13 Å². The molecule has 1 aromatic heterocycles. The fourth-order valence-electron chi connectivity index (χ4n) is 3.08. The zero-order chi connectivity index (χ0) is 15.6. The van der Waals surface area contributed by atoms with Crippen LogP contribution in [0.4, 0.5) is 5.13 Å². The normalized spacial score (nSPS) is 20.8. The minimum atomic E-state index is 0.126. The average molecular weight is 322 g/mol. The molecule has 2 aromatic carbocycles. The van der Waals surface area contributed by atoms with Crippen LogP contribution >= 0.6 is 11.3 Å². The molecule has 2 N–H and O–H groups in total. The van der Waals surface area contributed by atoms with E-state index in [4.69, 9.17) is 5.73 Å². The van der Waals surface area contributed by atoms with Crippen molar-refractivity contribution in [3.63, 3.8) is 0 Å². The Kier molecular flexibility index (Phi) is 3.81. The van der Waals surface area contributed by atoms with Gasteiger partial charge in [-0.05, 0) is 5.56 Å². The maximum Gasteiger partial charge on any atom is 0.208 e. The summed E-state index contributed by atoms with van der Waals surface area (Å²) >= 11 is 1.63. The standard InChI is InChI=1S/C18H18N4S/c19-16-12-22(11-15(16)13-7-3-1-4-8-13)18-21-20-17(23-18)14-9-5-2-6-10-14/h1-10,15-16H,11-12,19H2/t15-,16+/m1/s1. The number of hydrogen-bond acceptors (Lipinski definition) is 5. The highest BCUT2D eigenvalue weighted by Gasteiger charge is 2.32. The Morgan fingerprint density at radius 3 is 2.35 bits per heavy atom. The Bertz CT molecular complexity index is 772. The van der Waals surface area contributed by atoms with Crippen molar-refractivity contribution < 1.29 is 0 Å². The first kappa shape index (κ1) is 14.4. The molecule has 0 saturated carbocycles. The second kappa shape index (κ2) is 6.10. The van der Waals surface area contributed by atoms with Crippen LogP contribution < -0.4 is 10.6 Å². The smallest absolute Gasteiger partial charge is 0.208 e. The SMILES string of the molecule is N[C@H]1CN(c2nnc(-c3ccccc3)s2)C[C@@H]1c1ccccc1. The van der Waals surface area contributed by atoms with Crippen molar-refractivity contribution in [3.05, 3.63) is 66.2 Å². The second-order valence-electron chi connectivity index (χ2n) is 5.84. The number of aromatic nitrogens is 2. The third-order valence-corrected chi connectivity index (χ3v) is 5.33. The Labute approximate surface area is 139 Å². The average Bonchev–Trinajstić information content (AvgIpc) is 3.23. The second-order valence-corrected chi connectivity index (χ2v) is 6.80. The summed E-state index contributed by atoms with van der Waals surface area (Å²) in [4.78, 5) is 2.26. The Balaban J connectivity index is 1.55. The van der Waals surface area contributed by atoms with Crippen LogP contribution in [-0.4, -0.2) is 29.3 Å². The molecule has 0 amide bonds. The fourth-order valence-corrected chi connectivity index (χ4v) is 3.95. The number of nitrogens with two attached hydrogens (primary N) is 1. The van der Waals surface area contributed by atoms with E-state index in [0.717, 1.165) is 28.8 Å². The van der Waals surface area contributed by atoms with Gasteiger partial charge in [-0.1, -0.05) is 72.0 Å². The van der Waals surface area contributed by atoms with E-state index < -0.39 is 0 Å². The number of hydrogen-bond donors (Lipinski definition) is 1. The third kappa shape index (κ3) is 2.85. The van der Waals surface area contributed by atoms with Gasteiger partial charge in [0.05, 0.1) is 0 Å². The van der Waals surface area contributed by atoms with E-state index in [1.165, 1.54) is 5.56 Å². The summed E-state index contributed by atoms with van der Waals surface area (Å²) in [6, 6.07) is 20.8. The summed E-state index contributed by atoms with van der Waals surface area (Å²) in [7, 11) is 0. The first-order valence-corrected chi connectivity index (χ1v) is 8.57. The highest BCUT2D eigenvalue weighted by molar-refractivity contribution is 7.18. The maximum atomic E-state index is 6.37. The van der Waals surface area contributed by atoms with E-state index in [1.807, 2.05) is 24.3 Å². The number of nitrogens with zero attached hydrogens (tertiary/aromatic N) is 3. The van der Waals surface area contributed by atoms with Gasteiger partial charge >= 0.3 is 0 Å². The molecule has 1 aliphatic rings. The molecule has 1 aliphatic heterocycles. The predicted octanol–water partition coefficient (Wildman–Crippen LogP) is 3.14. The molecule has 1 saturated heterocycles. The summed E-state index contributed by atoms with van der Waals surface area (Å²) in [5, 5.41) is 10.6. The summed E-state index contributed by atoms with van der Waals surface area (Å²) in [5.74, 6) is 0.347. The lowest BCUT2D eigenvalue weighted by Gasteiger charge is -2.14. The van der Waals surface area contributed by atoms with Crippen molar-refractivity contribution in [1.82, 2.24) is 10.2 Å². The molecular weight excluding hydrogens is 304 g/mol. The zero-order valence-electron chi connectivity index (χ0n) is 12.7. The van der Waals surface area contributed by atoms with Crippen molar-refractivity contribution in [2.75, 3.05) is 18.0 Å². The summed E-state index contributed by atoms with van der Waals surface area (Å²) in [6.45, 7) is 1.72. The molecule has 4 rings (SSSR count). The van der Waals surface area contributed by atoms with Gasteiger partial charge < -0.3 is 10.6 Å². The highest BCUT2D eigenvalue weighted by Crippen LogP contribution is 2.34. The number of anilines is 1. The summed E-state index contributed by atoms with van der Waals surface area (Å²) < 4.78 is 0. The molecule has 1 fully saturated rings. The molecule has 0 unspecified atom stereocenters. The van der Waals surface area contributed by atoms with Crippen molar-refractivity contribution in [2.24, 2.45) is 5.73 Å². The highest BCUT2D eigenvalue weighted by atomic mass is 32.1. The topological polar surface area (TPSA) is 55.0 Å². The first-order valence-electron chi connectivity index (χ1n) is 7.75. The summed E-state index contributed by atoms with van der Waals surface area (Å²) in [6.07, 6.45) is 0. The van der Waals surface area contributed by atoms with E-state index in [-0.39, 0.29) is 6.04 Å². The molecular formula is C18H18N4S. The lowest BCUT2D eigenvalue weighted by molar-refractivity contribution is 0.653. The lowest BCUT2D eigenvalue weighted by Crippen LogP contribution is -2.28. The van der Waals surface area contributed by atoms with Crippen LogP contribution in [0.5, 0.6) is 0 Å². The zero-order valence-corrected chi connectivity index (χ0v) is 13.5. The predicted molar refractivity (Wildman–Crippen MR) is 94.7 cm³/mol. The van der Waals surface area contributed by atoms with Crippen molar-refractivity contribution in [2.45, 2.75) is 12.0 Å². The molecule has 3 aromatic rings. The van der Waals surface area contributed by atoms with Crippen LogP contribution in [0.1, 0.15) is 11.5 Å². The minimum Gasteiger partial charge on any atom is -0.344 e. The van der Waals surface area contributed by atoms with Gasteiger partial charge in [0.1, 0.15) is 5.01 Å². The lowest BCUT2D eigenvalue weighted by atomic mass is 9.95. The van der Waals surface area contributed by atoms with Crippen LogP contribution in [-0.2, 0) is 0 Å². The molecule has 0 radical (unpaired) electrons. The monoisotopic (exact) mass is 322 g/mol. The molecule has 4 nitrogen and oxygen atoms in total. The molecule has 2 heterocycles. The quantitative estimate of drug-likeness (QED) is 0.805. The maximum absolute atomic E-state index is 6.37. The van der Waals surface area contributed by atoms with Crippen LogP contribution in [0.2, 0.25) is 0 Å². The van der Waals surface area contributed by atoms with E-state index in [1.54, 1.807) is 11.3 Å². The molecule has 116 valence electrons. The van der Waals surface area contributed by atoms with E-state index >= 15 is 0 Å². The first-order chi connectivity index (χ1) is 11.3. The third-order valence-electron chi connectivity index (χ3n) is 4.30. The largest absolute Gasteiger partial charge is 0.344 e. The van der Waals surface area contributed by atoms with Gasteiger partial charge in [-0.15, -0.1) is 10.2 Å². The van der Waals surface area contributed by atoms with Crippen molar-refractivity contribution in [3.8, 4) is 10.6 Å². The van der Waals surface area contributed by atoms with Gasteiger partial charge in [0.25, 0.3) is 0 Å². The van der Waals surface area contributed by atoms with E-state index in [2.05, 4.69) is 51.5 Å². The molecule has 0 bridgehead atoms. The molecule has 2 atom stereocenters. The van der Waals surface area contributed by atoms with Gasteiger partial charge in [-0.2, -0.15) is 0 Å². The van der Waals surface area contributed by atoms with Crippen LogP contribution in [0.15, 0.2) is 60.7 Å². The van der Waals surface area contributed by atoms with Crippen molar-refractivity contribution in [1.29, 1.82) is 0 Å². The number of benzene rings is 2. The van der Waals surface area contributed by atoms with Crippen LogP contribution in [0.25, 0.3) is 10.6 Å². The molecule has 0 spiro atoms. The minimum absolute atomic E-state index is 0.126. The Morgan fingerprint density at radius 1 is 0.913 bits per heavy atom. The number of rotatable bonds is 3. The van der Waals surface area contributed by atoms with Crippen LogP contribution in [0, 0.1) is 0 Å². The molecule has 5 heteroatoms. The van der Waals surface area contributed by atoms with Crippen LogP contribution in [0.3, 0.4) is 0 Å². The van der Waals surface area contributed by atoms with E-state index in [9.17, 15) is 0 Å².